The quantitative estimate of drug-likeness (QED) is 0.111. The van der Waals surface area contributed by atoms with Gasteiger partial charge in [-0.2, -0.15) is 0 Å². The lowest BCUT2D eigenvalue weighted by molar-refractivity contribution is -0.122. The summed E-state index contributed by atoms with van der Waals surface area (Å²) in [4.78, 5) is 15.2. The lowest BCUT2D eigenvalue weighted by Gasteiger charge is -2.15. The number of carbonyl (C=O) groups is 1. The number of nitrogens with zero attached hydrogens (tertiary/aromatic N) is 1. The van der Waals surface area contributed by atoms with Gasteiger partial charge in [-0.05, 0) is 47.4 Å². The van der Waals surface area contributed by atoms with E-state index in [1.807, 2.05) is 60.7 Å². The van der Waals surface area contributed by atoms with Crippen LogP contribution in [0, 0.1) is 0 Å². The van der Waals surface area contributed by atoms with Crippen molar-refractivity contribution in [3.05, 3.63) is 106 Å². The highest BCUT2D eigenvalue weighted by Gasteiger charge is 2.32. The minimum atomic E-state index is -0.136. The van der Waals surface area contributed by atoms with Gasteiger partial charge in [0, 0.05) is 0 Å². The van der Waals surface area contributed by atoms with E-state index < -0.39 is 0 Å². The first-order valence-corrected chi connectivity index (χ1v) is 13.2. The van der Waals surface area contributed by atoms with Crippen LogP contribution in [0.3, 0.4) is 0 Å². The summed E-state index contributed by atoms with van der Waals surface area (Å²) in [7, 11) is 1.55. The van der Waals surface area contributed by atoms with E-state index in [9.17, 15) is 4.79 Å². The summed E-state index contributed by atoms with van der Waals surface area (Å²) in [5.74, 6) is 1.54. The second kappa shape index (κ2) is 12.8. The Kier molecular flexibility index (Phi) is 9.28. The smallest absolute Gasteiger partial charge is 0.266 e. The summed E-state index contributed by atoms with van der Waals surface area (Å²) in [6.45, 7) is 4.82. The van der Waals surface area contributed by atoms with Gasteiger partial charge in [-0.25, -0.2) is 0 Å². The molecule has 1 aliphatic heterocycles. The van der Waals surface area contributed by atoms with Crippen molar-refractivity contribution in [3.8, 4) is 17.2 Å². The van der Waals surface area contributed by atoms with E-state index in [0.29, 0.717) is 44.5 Å². The molecule has 190 valence electrons. The molecule has 1 fully saturated rings. The fraction of sp³-hybridized carbons (Fsp3) is 0.172. The maximum Gasteiger partial charge on any atom is 0.266 e. The molecule has 37 heavy (non-hydrogen) atoms. The van der Waals surface area contributed by atoms with Crippen LogP contribution in [0.5, 0.6) is 17.2 Å². The Hall–Kier alpha value is -3.26. The summed E-state index contributed by atoms with van der Waals surface area (Å²) in [6, 6.07) is 21.1. The molecule has 1 amide bonds. The van der Waals surface area contributed by atoms with Gasteiger partial charge in [-0.1, -0.05) is 90.2 Å². The standard InChI is InChI=1S/C29H26ClNO4S2/c1-3-9-22-12-7-8-13-24(22)34-14-15-35-27-23(30)16-21(17-25(27)33-2)18-26-28(32)31(29(36)37-26)19-20-10-5-4-6-11-20/h3-8,10-13,16-18H,1,9,14-15,19H2,2H3. The van der Waals surface area contributed by atoms with Gasteiger partial charge in [0.05, 0.1) is 23.6 Å². The van der Waals surface area contributed by atoms with E-state index in [4.69, 9.17) is 38.0 Å². The summed E-state index contributed by atoms with van der Waals surface area (Å²) in [5, 5.41) is 0.373. The van der Waals surface area contributed by atoms with Gasteiger partial charge in [0.2, 0.25) is 0 Å². The molecule has 8 heteroatoms. The molecule has 0 aliphatic carbocycles. The third kappa shape index (κ3) is 6.74. The van der Waals surface area contributed by atoms with Crippen LogP contribution in [-0.4, -0.2) is 35.5 Å². The van der Waals surface area contributed by atoms with Crippen LogP contribution in [-0.2, 0) is 17.8 Å². The van der Waals surface area contributed by atoms with Crippen LogP contribution in [0.2, 0.25) is 5.02 Å². The molecule has 0 spiro atoms. The third-order valence-electron chi connectivity index (χ3n) is 5.53. The number of benzene rings is 3. The number of thioether (sulfide) groups is 1. The number of thiocarbonyl (C=S) groups is 1. The number of rotatable bonds is 11. The second-order valence-corrected chi connectivity index (χ2v) is 10.2. The van der Waals surface area contributed by atoms with Crippen LogP contribution < -0.4 is 14.2 Å². The topological polar surface area (TPSA) is 48.0 Å². The van der Waals surface area contributed by atoms with Crippen molar-refractivity contribution in [2.24, 2.45) is 0 Å². The number of methoxy groups -OCH3 is 1. The van der Waals surface area contributed by atoms with Crippen molar-refractivity contribution in [1.82, 2.24) is 4.90 Å². The first kappa shape index (κ1) is 26.8. The van der Waals surface area contributed by atoms with Gasteiger partial charge >= 0.3 is 0 Å². The van der Waals surface area contributed by atoms with Crippen LogP contribution in [0.4, 0.5) is 0 Å². The van der Waals surface area contributed by atoms with Crippen molar-refractivity contribution in [2.45, 2.75) is 13.0 Å². The number of hydrogen-bond acceptors (Lipinski definition) is 6. The van der Waals surface area contributed by atoms with Crippen molar-refractivity contribution in [3.63, 3.8) is 0 Å². The molecule has 0 saturated carbocycles. The molecule has 0 N–H and O–H groups in total. The molecule has 0 unspecified atom stereocenters. The Balaban J connectivity index is 1.42. The van der Waals surface area contributed by atoms with E-state index >= 15 is 0 Å². The summed E-state index contributed by atoms with van der Waals surface area (Å²) in [6.07, 6.45) is 4.33. The molecule has 0 bridgehead atoms. The average molecular weight is 552 g/mol. The number of carbonyl (C=O) groups excluding carboxylic acids is 1. The summed E-state index contributed by atoms with van der Waals surface area (Å²) < 4.78 is 17.8. The molecule has 1 aliphatic rings. The Labute approximate surface area is 231 Å². The molecule has 1 heterocycles. The maximum absolute atomic E-state index is 13.0. The fourth-order valence-electron chi connectivity index (χ4n) is 3.78. The Morgan fingerprint density at radius 2 is 1.76 bits per heavy atom. The third-order valence-corrected chi connectivity index (χ3v) is 7.19. The molecule has 1 saturated heterocycles. The zero-order valence-corrected chi connectivity index (χ0v) is 22.7. The molecule has 3 aromatic carbocycles. The highest BCUT2D eigenvalue weighted by Crippen LogP contribution is 2.39. The monoisotopic (exact) mass is 551 g/mol. The van der Waals surface area contributed by atoms with Crippen molar-refractivity contribution < 1.29 is 19.0 Å². The minimum absolute atomic E-state index is 0.136. The highest BCUT2D eigenvalue weighted by atomic mass is 35.5. The normalized spacial score (nSPS) is 14.2. The Morgan fingerprint density at radius 3 is 2.51 bits per heavy atom. The molecule has 3 aromatic rings. The van der Waals surface area contributed by atoms with Gasteiger partial charge in [0.25, 0.3) is 5.91 Å². The minimum Gasteiger partial charge on any atom is -0.493 e. The van der Waals surface area contributed by atoms with Gasteiger partial charge in [-0.3, -0.25) is 9.69 Å². The first-order valence-electron chi connectivity index (χ1n) is 11.6. The maximum atomic E-state index is 13.0. The molecule has 0 atom stereocenters. The fourth-order valence-corrected chi connectivity index (χ4v) is 5.31. The zero-order chi connectivity index (χ0) is 26.2. The lowest BCUT2D eigenvalue weighted by Crippen LogP contribution is -2.27. The SMILES string of the molecule is C=CCc1ccccc1OCCOc1c(Cl)cc(C=C2SC(=S)N(Cc3ccccc3)C2=O)cc1OC. The van der Waals surface area contributed by atoms with E-state index in [1.54, 1.807) is 30.2 Å². The molecular weight excluding hydrogens is 526 g/mol. The number of halogens is 1. The highest BCUT2D eigenvalue weighted by molar-refractivity contribution is 8.26. The van der Waals surface area contributed by atoms with Crippen molar-refractivity contribution >= 4 is 51.9 Å². The number of amides is 1. The predicted octanol–water partition coefficient (Wildman–Crippen LogP) is 6.94. The largest absolute Gasteiger partial charge is 0.493 e. The van der Waals surface area contributed by atoms with Gasteiger partial charge < -0.3 is 14.2 Å². The summed E-state index contributed by atoms with van der Waals surface area (Å²) >= 11 is 13.3. The molecule has 5 nitrogen and oxygen atoms in total. The molecule has 0 aromatic heterocycles. The van der Waals surface area contributed by atoms with Gasteiger partial charge in [-0.15, -0.1) is 6.58 Å². The van der Waals surface area contributed by atoms with E-state index in [1.165, 1.54) is 11.8 Å². The van der Waals surface area contributed by atoms with Crippen LogP contribution >= 0.6 is 35.6 Å². The Bertz CT molecular complexity index is 1330. The van der Waals surface area contributed by atoms with Crippen LogP contribution in [0.25, 0.3) is 6.08 Å². The van der Waals surface area contributed by atoms with E-state index in [0.717, 1.165) is 23.3 Å². The number of allylic oxidation sites excluding steroid dienone is 1. The van der Waals surface area contributed by atoms with Crippen LogP contribution in [0.1, 0.15) is 16.7 Å². The van der Waals surface area contributed by atoms with Gasteiger partial charge in [0.1, 0.15) is 23.3 Å². The first-order chi connectivity index (χ1) is 18.0. The number of para-hydroxylation sites is 1. The molecule has 4 rings (SSSR count). The van der Waals surface area contributed by atoms with Gasteiger partial charge in [0.15, 0.2) is 11.5 Å². The second-order valence-electron chi connectivity index (χ2n) is 8.09. The molecule has 0 radical (unpaired) electrons. The predicted molar refractivity (Wildman–Crippen MR) is 154 cm³/mol. The lowest BCUT2D eigenvalue weighted by atomic mass is 10.1. The number of hydrogen-bond donors (Lipinski definition) is 0. The van der Waals surface area contributed by atoms with E-state index in [2.05, 4.69) is 6.58 Å². The average Bonchev–Trinajstić information content (AvgIpc) is 3.16. The molecular formula is C29H26ClNO4S2. The van der Waals surface area contributed by atoms with Crippen LogP contribution in [0.15, 0.2) is 84.3 Å². The van der Waals surface area contributed by atoms with Crippen molar-refractivity contribution in [2.75, 3.05) is 20.3 Å². The summed E-state index contributed by atoms with van der Waals surface area (Å²) in [5.41, 5.74) is 2.79. The van der Waals surface area contributed by atoms with E-state index in [-0.39, 0.29) is 12.5 Å². The number of ether oxygens (including phenoxy) is 3. The zero-order valence-electron chi connectivity index (χ0n) is 20.3. The van der Waals surface area contributed by atoms with Crippen molar-refractivity contribution in [1.29, 1.82) is 0 Å². The Morgan fingerprint density at radius 1 is 1.03 bits per heavy atom.